The van der Waals surface area contributed by atoms with Gasteiger partial charge in [0.15, 0.2) is 0 Å². The van der Waals surface area contributed by atoms with E-state index in [1.54, 1.807) is 17.0 Å². The van der Waals surface area contributed by atoms with E-state index in [4.69, 9.17) is 0 Å². The first kappa shape index (κ1) is 22.6. The van der Waals surface area contributed by atoms with Gasteiger partial charge in [-0.05, 0) is 43.5 Å². The van der Waals surface area contributed by atoms with Gasteiger partial charge in [-0.2, -0.15) is 0 Å². The number of rotatable bonds is 8. The molecule has 28 heavy (non-hydrogen) atoms. The van der Waals surface area contributed by atoms with Crippen LogP contribution in [0.25, 0.3) is 0 Å². The Morgan fingerprint density at radius 3 is 2.43 bits per heavy atom. The molecule has 1 heterocycles. The monoisotopic (exact) mass is 474 g/mol. The van der Waals surface area contributed by atoms with Crippen LogP contribution in [0.15, 0.2) is 28.7 Å². The van der Waals surface area contributed by atoms with Crippen LogP contribution in [0, 0.1) is 0 Å². The maximum absolute atomic E-state index is 12.3. The molecule has 0 aromatic heterocycles. The van der Waals surface area contributed by atoms with E-state index in [9.17, 15) is 18.0 Å². The Hall–Kier alpha value is -1.65. The number of amides is 3. The van der Waals surface area contributed by atoms with Gasteiger partial charge in [-0.1, -0.05) is 22.9 Å². The molecule has 2 rings (SSSR count). The molecule has 0 aliphatic carbocycles. The molecule has 0 bridgehead atoms. The number of piperidine rings is 1. The molecular weight excluding hydrogens is 448 g/mol. The number of hydrogen-bond acceptors (Lipinski definition) is 4. The highest BCUT2D eigenvalue weighted by atomic mass is 79.9. The first-order valence-electron chi connectivity index (χ1n) is 9.37. The van der Waals surface area contributed by atoms with Crippen LogP contribution in [-0.4, -0.2) is 56.7 Å². The number of anilines is 1. The van der Waals surface area contributed by atoms with Gasteiger partial charge in [-0.25, -0.2) is 17.9 Å². The van der Waals surface area contributed by atoms with Gasteiger partial charge in [0.05, 0.1) is 5.75 Å². The van der Waals surface area contributed by atoms with E-state index >= 15 is 0 Å². The summed E-state index contributed by atoms with van der Waals surface area (Å²) < 4.78 is 27.3. The Morgan fingerprint density at radius 2 is 1.82 bits per heavy atom. The predicted molar refractivity (Wildman–Crippen MR) is 113 cm³/mol. The largest absolute Gasteiger partial charge is 0.343 e. The maximum Gasteiger partial charge on any atom is 0.319 e. The third-order valence-electron chi connectivity index (χ3n) is 4.39. The Labute approximate surface area is 174 Å². The van der Waals surface area contributed by atoms with Crippen molar-refractivity contribution < 1.29 is 18.0 Å². The minimum absolute atomic E-state index is 0.0428. The normalized spacial score (nSPS) is 15.3. The Balaban J connectivity index is 1.66. The fourth-order valence-electron chi connectivity index (χ4n) is 2.98. The number of hydrogen-bond donors (Lipinski definition) is 3. The van der Waals surface area contributed by atoms with E-state index in [0.717, 1.165) is 4.47 Å². The first-order chi connectivity index (χ1) is 13.3. The van der Waals surface area contributed by atoms with Gasteiger partial charge in [0.2, 0.25) is 15.9 Å². The summed E-state index contributed by atoms with van der Waals surface area (Å²) in [6.07, 6.45) is 1.99. The SMILES string of the molecule is CCCS(=O)(=O)NC1CCN(C(=O)CCNC(=O)Nc2ccc(Br)cc2)CC1. The molecule has 1 fully saturated rings. The van der Waals surface area contributed by atoms with Crippen LogP contribution < -0.4 is 15.4 Å². The molecule has 0 spiro atoms. The van der Waals surface area contributed by atoms with Crippen molar-refractivity contribution in [3.63, 3.8) is 0 Å². The zero-order chi connectivity index (χ0) is 20.6. The summed E-state index contributed by atoms with van der Waals surface area (Å²) >= 11 is 3.33. The summed E-state index contributed by atoms with van der Waals surface area (Å²) in [4.78, 5) is 25.9. The van der Waals surface area contributed by atoms with Crippen molar-refractivity contribution in [2.24, 2.45) is 0 Å². The van der Waals surface area contributed by atoms with E-state index in [-0.39, 0.29) is 36.7 Å². The number of benzene rings is 1. The quantitative estimate of drug-likeness (QED) is 0.536. The molecule has 1 aliphatic heterocycles. The summed E-state index contributed by atoms with van der Waals surface area (Å²) in [7, 11) is -3.23. The highest BCUT2D eigenvalue weighted by Gasteiger charge is 2.25. The van der Waals surface area contributed by atoms with Crippen molar-refractivity contribution >= 4 is 43.6 Å². The number of likely N-dealkylation sites (tertiary alicyclic amines) is 1. The third-order valence-corrected chi connectivity index (χ3v) is 6.56. The zero-order valence-electron chi connectivity index (χ0n) is 15.9. The van der Waals surface area contributed by atoms with Crippen molar-refractivity contribution in [1.29, 1.82) is 0 Å². The highest BCUT2D eigenvalue weighted by Crippen LogP contribution is 2.14. The number of halogens is 1. The molecule has 3 amide bonds. The average molecular weight is 475 g/mol. The lowest BCUT2D eigenvalue weighted by Crippen LogP contribution is -2.47. The van der Waals surface area contributed by atoms with Crippen LogP contribution in [-0.2, 0) is 14.8 Å². The molecule has 3 N–H and O–H groups in total. The van der Waals surface area contributed by atoms with E-state index in [0.29, 0.717) is 38.0 Å². The van der Waals surface area contributed by atoms with Gasteiger partial charge >= 0.3 is 6.03 Å². The van der Waals surface area contributed by atoms with Crippen LogP contribution in [0.3, 0.4) is 0 Å². The third kappa shape index (κ3) is 7.76. The van der Waals surface area contributed by atoms with Crippen molar-refractivity contribution in [2.75, 3.05) is 30.7 Å². The van der Waals surface area contributed by atoms with Crippen molar-refractivity contribution in [3.8, 4) is 0 Å². The fourth-order valence-corrected chi connectivity index (χ4v) is 4.64. The van der Waals surface area contributed by atoms with Crippen molar-refractivity contribution in [2.45, 2.75) is 38.6 Å². The van der Waals surface area contributed by atoms with Gasteiger partial charge in [0.25, 0.3) is 0 Å². The standard InChI is InChI=1S/C18H27BrN4O4S/c1-2-13-28(26,27)22-16-8-11-23(12-9-16)17(24)7-10-20-18(25)21-15-5-3-14(19)4-6-15/h3-6,16,22H,2,7-13H2,1H3,(H2,20,21,25). The van der Waals surface area contributed by atoms with Crippen molar-refractivity contribution in [1.82, 2.24) is 14.9 Å². The van der Waals surface area contributed by atoms with Crippen LogP contribution >= 0.6 is 15.9 Å². The molecule has 1 aliphatic rings. The average Bonchev–Trinajstić information content (AvgIpc) is 2.63. The molecule has 156 valence electrons. The number of sulfonamides is 1. The molecule has 0 saturated carbocycles. The van der Waals surface area contributed by atoms with Gasteiger partial charge in [-0.3, -0.25) is 4.79 Å². The molecular formula is C18H27BrN4O4S. The lowest BCUT2D eigenvalue weighted by atomic mass is 10.1. The molecule has 8 nitrogen and oxygen atoms in total. The van der Waals surface area contributed by atoms with Crippen LogP contribution in [0.4, 0.5) is 10.5 Å². The Kier molecular flexibility index (Phi) is 8.71. The molecule has 1 aromatic carbocycles. The summed E-state index contributed by atoms with van der Waals surface area (Å²) in [5.41, 5.74) is 0.666. The molecule has 1 saturated heterocycles. The topological polar surface area (TPSA) is 108 Å². The second-order valence-electron chi connectivity index (χ2n) is 6.73. The van der Waals surface area contributed by atoms with E-state index in [1.807, 2.05) is 19.1 Å². The Morgan fingerprint density at radius 1 is 1.18 bits per heavy atom. The lowest BCUT2D eigenvalue weighted by Gasteiger charge is -2.32. The lowest BCUT2D eigenvalue weighted by molar-refractivity contribution is -0.132. The van der Waals surface area contributed by atoms with E-state index in [1.165, 1.54) is 0 Å². The van der Waals surface area contributed by atoms with Crippen LogP contribution in [0.2, 0.25) is 0 Å². The second-order valence-corrected chi connectivity index (χ2v) is 9.52. The Bertz CT molecular complexity index is 762. The fraction of sp³-hybridized carbons (Fsp3) is 0.556. The summed E-state index contributed by atoms with van der Waals surface area (Å²) in [5.74, 6) is 0.0824. The van der Waals surface area contributed by atoms with Gasteiger partial charge < -0.3 is 15.5 Å². The zero-order valence-corrected chi connectivity index (χ0v) is 18.3. The molecule has 0 radical (unpaired) electrons. The number of nitrogens with zero attached hydrogens (tertiary/aromatic N) is 1. The summed E-state index contributed by atoms with van der Waals surface area (Å²) in [6, 6.07) is 6.71. The van der Waals surface area contributed by atoms with Crippen molar-refractivity contribution in [3.05, 3.63) is 28.7 Å². The smallest absolute Gasteiger partial charge is 0.319 e. The molecule has 0 unspecified atom stereocenters. The molecule has 1 aromatic rings. The first-order valence-corrected chi connectivity index (χ1v) is 11.8. The van der Waals surface area contributed by atoms with Gasteiger partial charge in [0.1, 0.15) is 0 Å². The second kappa shape index (κ2) is 10.8. The minimum Gasteiger partial charge on any atom is -0.343 e. The van der Waals surface area contributed by atoms with E-state index < -0.39 is 10.0 Å². The number of carbonyl (C=O) groups excluding carboxylic acids is 2. The van der Waals surface area contributed by atoms with E-state index in [2.05, 4.69) is 31.3 Å². The number of urea groups is 1. The molecule has 10 heteroatoms. The minimum atomic E-state index is -3.23. The van der Waals surface area contributed by atoms with Crippen LogP contribution in [0.1, 0.15) is 32.6 Å². The highest BCUT2D eigenvalue weighted by molar-refractivity contribution is 9.10. The molecule has 0 atom stereocenters. The predicted octanol–water partition coefficient (Wildman–Crippen LogP) is 2.28. The van der Waals surface area contributed by atoms with Gasteiger partial charge in [-0.15, -0.1) is 0 Å². The summed E-state index contributed by atoms with van der Waals surface area (Å²) in [5, 5.41) is 5.37. The maximum atomic E-state index is 12.3. The summed E-state index contributed by atoms with van der Waals surface area (Å²) in [6.45, 7) is 3.10. The van der Waals surface area contributed by atoms with Crippen LogP contribution in [0.5, 0.6) is 0 Å². The number of nitrogens with one attached hydrogen (secondary N) is 3. The van der Waals surface area contributed by atoms with Gasteiger partial charge in [0, 0.05) is 42.3 Å². The number of carbonyl (C=O) groups is 2.